The molecular weight excluding hydrogens is 611 g/mol. The summed E-state index contributed by atoms with van der Waals surface area (Å²) in [6, 6.07) is 8.05. The van der Waals surface area contributed by atoms with Crippen molar-refractivity contribution in [3.05, 3.63) is 53.6 Å². The van der Waals surface area contributed by atoms with E-state index in [9.17, 15) is 14.4 Å². The van der Waals surface area contributed by atoms with Crippen molar-refractivity contribution in [3.63, 3.8) is 0 Å². The van der Waals surface area contributed by atoms with Gasteiger partial charge in [-0.15, -0.1) is 23.2 Å². The molecule has 0 saturated carbocycles. The fourth-order valence-corrected chi connectivity index (χ4v) is 5.56. The summed E-state index contributed by atoms with van der Waals surface area (Å²) in [5.74, 6) is 0.0348. The standard InChI is InChI=1S/C30H40Cl2N6O4S/c1-18(17-43-7)37-24(15-16-33-37)28(40)35-23(9-8-10-25(31)32)27(39)34-22-13-11-21(12-14-22)26-19(2)36-38(20(26)3)29(41)42-30(4,5)6/h11-16,18,23,25H,8-10,17H2,1-7H3,(H,34,39)(H,35,40)/t18?,23-/m0/s1. The summed E-state index contributed by atoms with van der Waals surface area (Å²) < 4.78 is 8.41. The highest BCUT2D eigenvalue weighted by molar-refractivity contribution is 7.98. The quantitative estimate of drug-likeness (QED) is 0.207. The number of nitrogens with zero attached hydrogens (tertiary/aromatic N) is 4. The molecule has 1 unspecified atom stereocenters. The number of thioether (sulfide) groups is 1. The Balaban J connectivity index is 1.77. The first kappa shape index (κ1) is 34.5. The third kappa shape index (κ3) is 9.48. The van der Waals surface area contributed by atoms with Crippen molar-refractivity contribution in [2.75, 3.05) is 17.3 Å². The maximum atomic E-state index is 13.4. The largest absolute Gasteiger partial charge is 0.442 e. The van der Waals surface area contributed by atoms with Crippen molar-refractivity contribution in [2.45, 2.75) is 83.3 Å². The summed E-state index contributed by atoms with van der Waals surface area (Å²) in [7, 11) is 0. The lowest BCUT2D eigenvalue weighted by molar-refractivity contribution is -0.118. The fraction of sp³-hybridized carbons (Fsp3) is 0.500. The van der Waals surface area contributed by atoms with Gasteiger partial charge < -0.3 is 15.4 Å². The molecule has 0 fully saturated rings. The number of hydrogen-bond acceptors (Lipinski definition) is 7. The first-order chi connectivity index (χ1) is 20.2. The normalized spacial score (nSPS) is 13.1. The number of anilines is 1. The minimum Gasteiger partial charge on any atom is -0.442 e. The molecule has 234 valence electrons. The van der Waals surface area contributed by atoms with Gasteiger partial charge in [0.1, 0.15) is 22.2 Å². The molecule has 1 aromatic carbocycles. The number of hydrogen-bond donors (Lipinski definition) is 2. The van der Waals surface area contributed by atoms with Crippen LogP contribution in [-0.2, 0) is 9.53 Å². The van der Waals surface area contributed by atoms with Crippen LogP contribution in [0, 0.1) is 13.8 Å². The first-order valence-electron chi connectivity index (χ1n) is 14.0. The van der Waals surface area contributed by atoms with Gasteiger partial charge in [0.15, 0.2) is 0 Å². The lowest BCUT2D eigenvalue weighted by Gasteiger charge is -2.20. The summed E-state index contributed by atoms with van der Waals surface area (Å²) in [5.41, 5.74) is 3.24. The molecule has 43 heavy (non-hydrogen) atoms. The highest BCUT2D eigenvalue weighted by Gasteiger charge is 2.26. The van der Waals surface area contributed by atoms with E-state index in [1.165, 1.54) is 4.68 Å². The Bertz CT molecular complexity index is 1410. The Hall–Kier alpha value is -3.02. The van der Waals surface area contributed by atoms with Gasteiger partial charge in [-0.25, -0.2) is 4.79 Å². The van der Waals surface area contributed by atoms with Crippen LogP contribution in [0.2, 0.25) is 0 Å². The topological polar surface area (TPSA) is 120 Å². The fourth-order valence-electron chi connectivity index (χ4n) is 4.63. The van der Waals surface area contributed by atoms with Crippen molar-refractivity contribution >= 4 is 58.6 Å². The Kier molecular flexibility index (Phi) is 12.1. The molecule has 0 radical (unpaired) electrons. The van der Waals surface area contributed by atoms with E-state index >= 15 is 0 Å². The Morgan fingerprint density at radius 3 is 2.35 bits per heavy atom. The van der Waals surface area contributed by atoms with Crippen LogP contribution in [0.1, 0.15) is 74.9 Å². The SMILES string of the molecule is CSCC(C)n1nccc1C(=O)N[C@@H](CCCC(Cl)Cl)C(=O)Nc1ccc(-c2c(C)nn(C(=O)OC(C)(C)C)c2C)cc1. The van der Waals surface area contributed by atoms with Crippen LogP contribution in [0.5, 0.6) is 0 Å². The minimum atomic E-state index is -0.824. The van der Waals surface area contributed by atoms with E-state index in [1.54, 1.807) is 61.6 Å². The number of carbonyl (C=O) groups excluding carboxylic acids is 3. The lowest BCUT2D eigenvalue weighted by Crippen LogP contribution is -2.44. The van der Waals surface area contributed by atoms with Crippen LogP contribution >= 0.6 is 35.0 Å². The van der Waals surface area contributed by atoms with Gasteiger partial charge >= 0.3 is 6.09 Å². The molecule has 13 heteroatoms. The van der Waals surface area contributed by atoms with Gasteiger partial charge in [0.05, 0.1) is 17.4 Å². The Morgan fingerprint density at radius 1 is 1.07 bits per heavy atom. The first-order valence-corrected chi connectivity index (χ1v) is 16.3. The van der Waals surface area contributed by atoms with Gasteiger partial charge in [-0.05, 0) is 90.8 Å². The molecule has 2 heterocycles. The van der Waals surface area contributed by atoms with Gasteiger partial charge in [-0.2, -0.15) is 26.6 Å². The second kappa shape index (κ2) is 15.1. The molecule has 2 amide bonds. The van der Waals surface area contributed by atoms with Crippen LogP contribution in [0.15, 0.2) is 36.5 Å². The Labute approximate surface area is 267 Å². The van der Waals surface area contributed by atoms with Gasteiger partial charge in [-0.1, -0.05) is 12.1 Å². The maximum Gasteiger partial charge on any atom is 0.435 e. The summed E-state index contributed by atoms with van der Waals surface area (Å²) in [6.07, 6.45) is 4.39. The number of amides is 2. The smallest absolute Gasteiger partial charge is 0.435 e. The van der Waals surface area contributed by atoms with Crippen molar-refractivity contribution in [2.24, 2.45) is 0 Å². The molecule has 3 rings (SSSR count). The molecular formula is C30H40Cl2N6O4S. The molecule has 0 saturated heterocycles. The summed E-state index contributed by atoms with van der Waals surface area (Å²) in [4.78, 5) is 38.7. The molecule has 0 bridgehead atoms. The molecule has 10 nitrogen and oxygen atoms in total. The minimum absolute atomic E-state index is 0.00770. The summed E-state index contributed by atoms with van der Waals surface area (Å²) >= 11 is 13.5. The van der Waals surface area contributed by atoms with Crippen molar-refractivity contribution in [3.8, 4) is 11.1 Å². The number of benzene rings is 1. The van der Waals surface area contributed by atoms with E-state index in [2.05, 4.69) is 20.8 Å². The van der Waals surface area contributed by atoms with E-state index in [1.807, 2.05) is 39.2 Å². The van der Waals surface area contributed by atoms with Gasteiger partial charge in [-0.3, -0.25) is 14.3 Å². The Morgan fingerprint density at radius 2 is 1.74 bits per heavy atom. The summed E-state index contributed by atoms with van der Waals surface area (Å²) in [6.45, 7) is 11.0. The zero-order valence-corrected chi connectivity index (χ0v) is 27.9. The van der Waals surface area contributed by atoms with Gasteiger partial charge in [0.2, 0.25) is 5.91 Å². The number of ether oxygens (including phenoxy) is 1. The van der Waals surface area contributed by atoms with Crippen LogP contribution in [0.4, 0.5) is 10.5 Å². The molecule has 0 aliphatic heterocycles. The van der Waals surface area contributed by atoms with Crippen LogP contribution in [-0.4, -0.2) is 66.0 Å². The highest BCUT2D eigenvalue weighted by atomic mass is 35.5. The second-order valence-electron chi connectivity index (χ2n) is 11.3. The van der Waals surface area contributed by atoms with Crippen LogP contribution < -0.4 is 10.6 Å². The van der Waals surface area contributed by atoms with E-state index in [0.717, 1.165) is 16.9 Å². The number of aryl methyl sites for hydroxylation is 1. The number of halogens is 2. The average Bonchev–Trinajstić information content (AvgIpc) is 3.52. The number of nitrogens with one attached hydrogen (secondary N) is 2. The van der Waals surface area contributed by atoms with E-state index in [4.69, 9.17) is 27.9 Å². The van der Waals surface area contributed by atoms with Crippen molar-refractivity contribution in [1.82, 2.24) is 24.9 Å². The highest BCUT2D eigenvalue weighted by Crippen LogP contribution is 2.29. The number of aromatic nitrogens is 4. The predicted molar refractivity (Wildman–Crippen MR) is 173 cm³/mol. The molecule has 2 aromatic heterocycles. The van der Waals surface area contributed by atoms with Crippen molar-refractivity contribution < 1.29 is 19.1 Å². The van der Waals surface area contributed by atoms with Crippen LogP contribution in [0.3, 0.4) is 0 Å². The van der Waals surface area contributed by atoms with Crippen molar-refractivity contribution in [1.29, 1.82) is 0 Å². The summed E-state index contributed by atoms with van der Waals surface area (Å²) in [5, 5.41) is 14.5. The zero-order valence-electron chi connectivity index (χ0n) is 25.6. The third-order valence-electron chi connectivity index (χ3n) is 6.56. The van der Waals surface area contributed by atoms with Gasteiger partial charge in [0.25, 0.3) is 5.91 Å². The van der Waals surface area contributed by atoms with Crippen LogP contribution in [0.25, 0.3) is 11.1 Å². The number of rotatable bonds is 12. The van der Waals surface area contributed by atoms with E-state index in [-0.39, 0.29) is 17.9 Å². The van der Waals surface area contributed by atoms with Gasteiger partial charge in [0, 0.05) is 23.2 Å². The molecule has 2 N–H and O–H groups in total. The molecule has 0 aliphatic rings. The second-order valence-corrected chi connectivity index (χ2v) is 13.5. The molecule has 3 aromatic rings. The molecule has 0 aliphatic carbocycles. The van der Waals surface area contributed by atoms with E-state index in [0.29, 0.717) is 42.0 Å². The number of carbonyl (C=O) groups is 3. The predicted octanol–water partition coefficient (Wildman–Crippen LogP) is 6.78. The number of alkyl halides is 2. The lowest BCUT2D eigenvalue weighted by atomic mass is 10.0. The molecule has 0 spiro atoms. The monoisotopic (exact) mass is 650 g/mol. The maximum absolute atomic E-state index is 13.4. The average molecular weight is 652 g/mol. The molecule has 2 atom stereocenters. The zero-order chi connectivity index (χ0) is 31.9. The van der Waals surface area contributed by atoms with E-state index < -0.39 is 22.6 Å². The third-order valence-corrected chi connectivity index (χ3v) is 7.82.